The van der Waals surface area contributed by atoms with Crippen LogP contribution >= 0.6 is 11.6 Å². The van der Waals surface area contributed by atoms with E-state index in [1.54, 1.807) is 6.92 Å². The maximum atomic E-state index is 11.1. The highest BCUT2D eigenvalue weighted by Gasteiger charge is 2.18. The van der Waals surface area contributed by atoms with Crippen molar-refractivity contribution in [2.45, 2.75) is 18.7 Å². The second-order valence-electron chi connectivity index (χ2n) is 2.66. The molecule has 5 nitrogen and oxygen atoms in total. The minimum absolute atomic E-state index is 0.0256. The van der Waals surface area contributed by atoms with E-state index in [0.29, 0.717) is 6.42 Å². The Morgan fingerprint density at radius 1 is 1.57 bits per heavy atom. The summed E-state index contributed by atoms with van der Waals surface area (Å²) in [5.74, 6) is -0.622. The Labute approximate surface area is 88.8 Å². The fourth-order valence-corrected chi connectivity index (χ4v) is 2.11. The molecule has 0 amide bonds. The van der Waals surface area contributed by atoms with E-state index < -0.39 is 21.4 Å². The minimum Gasteiger partial charge on any atom is -0.468 e. The van der Waals surface area contributed by atoms with Gasteiger partial charge in [0.1, 0.15) is 5.38 Å². The summed E-state index contributed by atoms with van der Waals surface area (Å²) in [6.45, 7) is 1.61. The van der Waals surface area contributed by atoms with E-state index in [9.17, 15) is 13.2 Å². The highest BCUT2D eigenvalue weighted by molar-refractivity contribution is 7.89. The van der Waals surface area contributed by atoms with Gasteiger partial charge >= 0.3 is 5.97 Å². The zero-order valence-corrected chi connectivity index (χ0v) is 9.69. The fourth-order valence-electron chi connectivity index (χ4n) is 0.752. The lowest BCUT2D eigenvalue weighted by Crippen LogP contribution is -2.35. The summed E-state index contributed by atoms with van der Waals surface area (Å²) in [6.07, 6.45) is 0.514. The molecule has 0 fully saturated rings. The van der Waals surface area contributed by atoms with Crippen LogP contribution in [0.2, 0.25) is 0 Å². The molecule has 0 aliphatic heterocycles. The molecular weight excluding hydrogens is 230 g/mol. The monoisotopic (exact) mass is 243 g/mol. The van der Waals surface area contributed by atoms with E-state index in [-0.39, 0.29) is 12.3 Å². The van der Waals surface area contributed by atoms with Crippen LogP contribution in [0.15, 0.2) is 0 Å². The highest BCUT2D eigenvalue weighted by Crippen LogP contribution is 1.98. The number of sulfonamides is 1. The lowest BCUT2D eigenvalue weighted by atomic mass is 10.4. The van der Waals surface area contributed by atoms with Gasteiger partial charge in [0, 0.05) is 6.54 Å². The highest BCUT2D eigenvalue weighted by atomic mass is 35.5. The van der Waals surface area contributed by atoms with Gasteiger partial charge in [0.25, 0.3) is 0 Å². The molecule has 0 heterocycles. The molecule has 1 N–H and O–H groups in total. The van der Waals surface area contributed by atoms with Crippen molar-refractivity contribution < 1.29 is 17.9 Å². The molecule has 1 unspecified atom stereocenters. The first-order chi connectivity index (χ1) is 6.43. The number of nitrogens with one attached hydrogen (secondary N) is 1. The van der Waals surface area contributed by atoms with Crippen LogP contribution in [0.1, 0.15) is 13.3 Å². The summed E-state index contributed by atoms with van der Waals surface area (Å²) in [5, 5.41) is -0.980. The Hall–Kier alpha value is -0.330. The third-order valence-corrected chi connectivity index (χ3v) is 3.30. The van der Waals surface area contributed by atoms with Crippen molar-refractivity contribution in [2.24, 2.45) is 0 Å². The van der Waals surface area contributed by atoms with E-state index in [1.807, 2.05) is 0 Å². The van der Waals surface area contributed by atoms with E-state index in [0.717, 1.165) is 0 Å². The maximum absolute atomic E-state index is 11.1. The van der Waals surface area contributed by atoms with E-state index >= 15 is 0 Å². The maximum Gasteiger partial charge on any atom is 0.325 e. The molecule has 0 radical (unpaired) electrons. The molecule has 0 bridgehead atoms. The van der Waals surface area contributed by atoms with Crippen molar-refractivity contribution in [1.29, 1.82) is 0 Å². The lowest BCUT2D eigenvalue weighted by Gasteiger charge is -2.08. The van der Waals surface area contributed by atoms with Crippen molar-refractivity contribution in [3.05, 3.63) is 0 Å². The van der Waals surface area contributed by atoms with Gasteiger partial charge in [-0.25, -0.2) is 13.1 Å². The van der Waals surface area contributed by atoms with Crippen molar-refractivity contribution in [3.63, 3.8) is 0 Å². The third kappa shape index (κ3) is 5.41. The first-order valence-electron chi connectivity index (χ1n) is 4.12. The Balaban J connectivity index is 4.00. The zero-order chi connectivity index (χ0) is 11.2. The number of methoxy groups -OCH3 is 1. The van der Waals surface area contributed by atoms with Crippen LogP contribution in [0.3, 0.4) is 0 Å². The van der Waals surface area contributed by atoms with Crippen LogP contribution in [0.5, 0.6) is 0 Å². The molecule has 0 aromatic carbocycles. The summed E-state index contributed by atoms with van der Waals surface area (Å²) in [7, 11) is -2.12. The second-order valence-corrected chi connectivity index (χ2v) is 5.11. The van der Waals surface area contributed by atoms with Gasteiger partial charge in [-0.2, -0.15) is 0 Å². The van der Waals surface area contributed by atoms with Crippen LogP contribution in [-0.4, -0.2) is 39.2 Å². The summed E-state index contributed by atoms with van der Waals surface area (Å²) in [4.78, 5) is 10.8. The Bertz CT molecular complexity index is 277. The summed E-state index contributed by atoms with van der Waals surface area (Å²) < 4.78 is 28.8. The fraction of sp³-hybridized carbons (Fsp3) is 0.857. The largest absolute Gasteiger partial charge is 0.468 e. The van der Waals surface area contributed by atoms with Crippen molar-refractivity contribution >= 4 is 27.6 Å². The molecule has 0 rings (SSSR count). The number of ether oxygens (including phenoxy) is 1. The molecule has 1 atom stereocenters. The molecule has 0 aliphatic rings. The second kappa shape index (κ2) is 6.21. The van der Waals surface area contributed by atoms with E-state index in [4.69, 9.17) is 11.6 Å². The molecular formula is C7H14ClNO4S. The Morgan fingerprint density at radius 3 is 2.57 bits per heavy atom. The molecule has 0 aromatic heterocycles. The molecule has 14 heavy (non-hydrogen) atoms. The lowest BCUT2D eigenvalue weighted by molar-refractivity contribution is -0.140. The number of carbonyl (C=O) groups excluding carboxylic acids is 1. The molecule has 0 saturated carbocycles. The van der Waals surface area contributed by atoms with Crippen molar-refractivity contribution in [1.82, 2.24) is 4.72 Å². The minimum atomic E-state index is -3.31. The van der Waals surface area contributed by atoms with Crippen LogP contribution in [-0.2, 0) is 19.6 Å². The number of halogens is 1. The Kier molecular flexibility index (Phi) is 6.06. The quantitative estimate of drug-likeness (QED) is 0.530. The normalized spacial score (nSPS) is 13.6. The Morgan fingerprint density at radius 2 is 2.14 bits per heavy atom. The molecule has 0 spiro atoms. The van der Waals surface area contributed by atoms with Gasteiger partial charge < -0.3 is 4.74 Å². The zero-order valence-electron chi connectivity index (χ0n) is 8.12. The van der Waals surface area contributed by atoms with Gasteiger partial charge in [-0.05, 0) is 6.42 Å². The summed E-state index contributed by atoms with van der Waals surface area (Å²) in [6, 6.07) is 0. The van der Waals surface area contributed by atoms with Crippen LogP contribution in [0.4, 0.5) is 0 Å². The standard InChI is InChI=1S/C7H14ClNO4S/c1-3-4-14(11,12)9-5-6(8)7(10)13-2/h6,9H,3-5H2,1-2H3. The van der Waals surface area contributed by atoms with E-state index in [2.05, 4.69) is 9.46 Å². The number of rotatable bonds is 6. The average Bonchev–Trinajstić information content (AvgIpc) is 2.13. The van der Waals surface area contributed by atoms with Gasteiger partial charge in [0.05, 0.1) is 12.9 Å². The van der Waals surface area contributed by atoms with Gasteiger partial charge in [-0.3, -0.25) is 4.79 Å². The number of hydrogen-bond acceptors (Lipinski definition) is 4. The van der Waals surface area contributed by atoms with E-state index in [1.165, 1.54) is 7.11 Å². The summed E-state index contributed by atoms with van der Waals surface area (Å²) >= 11 is 5.54. The number of alkyl halides is 1. The molecule has 0 aliphatic carbocycles. The van der Waals surface area contributed by atoms with Crippen LogP contribution in [0.25, 0.3) is 0 Å². The van der Waals surface area contributed by atoms with Gasteiger partial charge in [0.2, 0.25) is 10.0 Å². The predicted octanol–water partition coefficient (Wildman–Crippen LogP) is 0.0962. The smallest absolute Gasteiger partial charge is 0.325 e. The van der Waals surface area contributed by atoms with Gasteiger partial charge in [-0.1, -0.05) is 6.92 Å². The average molecular weight is 244 g/mol. The molecule has 0 aromatic rings. The molecule has 84 valence electrons. The van der Waals surface area contributed by atoms with Crippen molar-refractivity contribution in [2.75, 3.05) is 19.4 Å². The number of esters is 1. The first kappa shape index (κ1) is 13.7. The number of carbonyl (C=O) groups is 1. The van der Waals surface area contributed by atoms with Gasteiger partial charge in [0.15, 0.2) is 0 Å². The van der Waals surface area contributed by atoms with Crippen molar-refractivity contribution in [3.8, 4) is 0 Å². The van der Waals surface area contributed by atoms with Crippen LogP contribution < -0.4 is 4.72 Å². The topological polar surface area (TPSA) is 72.5 Å². The summed E-state index contributed by atoms with van der Waals surface area (Å²) in [5.41, 5.74) is 0. The molecule has 0 saturated heterocycles. The SMILES string of the molecule is CCCS(=O)(=O)NCC(Cl)C(=O)OC. The first-order valence-corrected chi connectivity index (χ1v) is 6.21. The van der Waals surface area contributed by atoms with Crippen LogP contribution in [0, 0.1) is 0 Å². The third-order valence-electron chi connectivity index (χ3n) is 1.41. The predicted molar refractivity (Wildman–Crippen MR) is 53.7 cm³/mol. The number of hydrogen-bond donors (Lipinski definition) is 1. The molecule has 7 heteroatoms. The van der Waals surface area contributed by atoms with Gasteiger partial charge in [-0.15, -0.1) is 11.6 Å².